The quantitative estimate of drug-likeness (QED) is 0.811. The third-order valence-corrected chi connectivity index (χ3v) is 3.47. The van der Waals surface area contributed by atoms with E-state index in [0.717, 1.165) is 11.3 Å². The lowest BCUT2D eigenvalue weighted by Crippen LogP contribution is -2.06. The molecule has 106 valence electrons. The maximum Gasteiger partial charge on any atom is 0.358 e. The summed E-state index contributed by atoms with van der Waals surface area (Å²) in [6.45, 7) is 3.40. The Morgan fingerprint density at radius 3 is 2.45 bits per heavy atom. The summed E-state index contributed by atoms with van der Waals surface area (Å²) in [4.78, 5) is 16.0. The van der Waals surface area contributed by atoms with Crippen LogP contribution in [0.4, 0.5) is 13.2 Å². The first-order chi connectivity index (χ1) is 9.43. The zero-order chi connectivity index (χ0) is 14.9. The van der Waals surface area contributed by atoms with Gasteiger partial charge in [0.2, 0.25) is 0 Å². The van der Waals surface area contributed by atoms with Crippen LogP contribution in [0.5, 0.6) is 0 Å². The molecule has 0 atom stereocenters. The van der Waals surface area contributed by atoms with Crippen molar-refractivity contribution in [1.82, 2.24) is 4.98 Å². The fourth-order valence-corrected chi connectivity index (χ4v) is 2.59. The average molecular weight is 301 g/mol. The zero-order valence-corrected chi connectivity index (χ0v) is 11.5. The lowest BCUT2D eigenvalue weighted by Gasteiger charge is -2.01. The molecule has 0 bridgehead atoms. The largest absolute Gasteiger partial charge is 0.461 e. The van der Waals surface area contributed by atoms with Gasteiger partial charge in [-0.05, 0) is 13.8 Å². The minimum Gasteiger partial charge on any atom is -0.461 e. The monoisotopic (exact) mass is 301 g/mol. The third-order valence-electron chi connectivity index (χ3n) is 2.49. The van der Waals surface area contributed by atoms with E-state index >= 15 is 0 Å². The molecule has 0 aliphatic carbocycles. The molecule has 20 heavy (non-hydrogen) atoms. The second-order valence-electron chi connectivity index (χ2n) is 3.89. The van der Waals surface area contributed by atoms with Gasteiger partial charge in [0, 0.05) is 17.0 Å². The van der Waals surface area contributed by atoms with Gasteiger partial charge >= 0.3 is 5.97 Å². The number of hydrogen-bond donors (Lipinski definition) is 0. The van der Waals surface area contributed by atoms with E-state index in [1.54, 1.807) is 13.8 Å². The normalized spacial score (nSPS) is 10.7. The first kappa shape index (κ1) is 14.5. The van der Waals surface area contributed by atoms with Gasteiger partial charge < -0.3 is 4.74 Å². The minimum absolute atomic E-state index is 0.00924. The van der Waals surface area contributed by atoms with E-state index in [4.69, 9.17) is 4.74 Å². The lowest BCUT2D eigenvalue weighted by atomic mass is 10.2. The van der Waals surface area contributed by atoms with Crippen LogP contribution in [0.15, 0.2) is 12.1 Å². The Bertz CT molecular complexity index is 647. The molecule has 0 aliphatic heterocycles. The van der Waals surface area contributed by atoms with E-state index in [9.17, 15) is 18.0 Å². The Morgan fingerprint density at radius 2 is 1.90 bits per heavy atom. The number of benzene rings is 1. The summed E-state index contributed by atoms with van der Waals surface area (Å²) in [6, 6.07) is 1.14. The van der Waals surface area contributed by atoms with Gasteiger partial charge in [0.15, 0.2) is 5.69 Å². The molecule has 2 aromatic rings. The van der Waals surface area contributed by atoms with Gasteiger partial charge in [0.1, 0.15) is 22.5 Å². The van der Waals surface area contributed by atoms with Crippen LogP contribution < -0.4 is 0 Å². The number of nitrogens with zero attached hydrogens (tertiary/aromatic N) is 1. The van der Waals surface area contributed by atoms with Gasteiger partial charge in [-0.15, -0.1) is 11.3 Å². The molecule has 0 spiro atoms. The van der Waals surface area contributed by atoms with Crippen molar-refractivity contribution >= 4 is 17.3 Å². The maximum atomic E-state index is 13.7. The summed E-state index contributed by atoms with van der Waals surface area (Å²) >= 11 is 0.941. The first-order valence-electron chi connectivity index (χ1n) is 5.73. The van der Waals surface area contributed by atoms with E-state index in [-0.39, 0.29) is 17.3 Å². The number of aromatic nitrogens is 1. The van der Waals surface area contributed by atoms with Gasteiger partial charge in [-0.2, -0.15) is 0 Å². The van der Waals surface area contributed by atoms with Gasteiger partial charge in [-0.3, -0.25) is 0 Å². The number of thiazole rings is 1. The van der Waals surface area contributed by atoms with Crippen molar-refractivity contribution in [2.24, 2.45) is 0 Å². The predicted molar refractivity (Wildman–Crippen MR) is 68.1 cm³/mol. The molecule has 0 amide bonds. The van der Waals surface area contributed by atoms with Crippen molar-refractivity contribution in [2.75, 3.05) is 6.61 Å². The van der Waals surface area contributed by atoms with Crippen LogP contribution in [0.1, 0.15) is 22.3 Å². The van der Waals surface area contributed by atoms with Crippen LogP contribution in [-0.4, -0.2) is 17.6 Å². The Balaban J connectivity index is 2.50. The van der Waals surface area contributed by atoms with Crippen molar-refractivity contribution in [2.45, 2.75) is 13.8 Å². The number of ether oxygens (including phenoxy) is 1. The second-order valence-corrected chi connectivity index (χ2v) is 5.09. The number of carbonyl (C=O) groups is 1. The van der Waals surface area contributed by atoms with Crippen molar-refractivity contribution in [3.8, 4) is 10.6 Å². The van der Waals surface area contributed by atoms with E-state index < -0.39 is 29.0 Å². The summed E-state index contributed by atoms with van der Waals surface area (Å²) in [7, 11) is 0. The number of rotatable bonds is 3. The Hall–Kier alpha value is -1.89. The van der Waals surface area contributed by atoms with Gasteiger partial charge in [-0.25, -0.2) is 22.9 Å². The SMILES string of the molecule is CCOC(=O)c1nc(-c2c(F)cc(F)cc2F)sc1C. The molecule has 0 saturated carbocycles. The zero-order valence-electron chi connectivity index (χ0n) is 10.7. The second kappa shape index (κ2) is 5.62. The highest BCUT2D eigenvalue weighted by atomic mass is 32.1. The van der Waals surface area contributed by atoms with Crippen LogP contribution in [-0.2, 0) is 4.74 Å². The average Bonchev–Trinajstić information content (AvgIpc) is 2.70. The van der Waals surface area contributed by atoms with Gasteiger partial charge in [0.25, 0.3) is 0 Å². The molecule has 1 aromatic carbocycles. The molecule has 1 heterocycles. The first-order valence-corrected chi connectivity index (χ1v) is 6.55. The van der Waals surface area contributed by atoms with Crippen LogP contribution in [0, 0.1) is 24.4 Å². The van der Waals surface area contributed by atoms with Crippen molar-refractivity contribution in [1.29, 1.82) is 0 Å². The molecule has 7 heteroatoms. The summed E-state index contributed by atoms with van der Waals surface area (Å²) in [5.74, 6) is -3.80. The number of hydrogen-bond acceptors (Lipinski definition) is 4. The molecule has 0 fully saturated rings. The van der Waals surface area contributed by atoms with Crippen molar-refractivity contribution in [3.63, 3.8) is 0 Å². The number of carbonyl (C=O) groups excluding carboxylic acids is 1. The molecule has 0 N–H and O–H groups in total. The maximum absolute atomic E-state index is 13.7. The van der Waals surface area contributed by atoms with E-state index in [1.807, 2.05) is 0 Å². The summed E-state index contributed by atoms with van der Waals surface area (Å²) in [5.41, 5.74) is -0.440. The Kier molecular flexibility index (Phi) is 4.08. The van der Waals surface area contributed by atoms with Crippen LogP contribution in [0.3, 0.4) is 0 Å². The van der Waals surface area contributed by atoms with Crippen LogP contribution in [0.2, 0.25) is 0 Å². The predicted octanol–water partition coefficient (Wildman–Crippen LogP) is 3.71. The third kappa shape index (κ3) is 2.67. The molecular weight excluding hydrogens is 291 g/mol. The number of aryl methyl sites for hydroxylation is 1. The fourth-order valence-electron chi connectivity index (χ4n) is 1.64. The Labute approximate surface area is 117 Å². The summed E-state index contributed by atoms with van der Waals surface area (Å²) in [6.07, 6.45) is 0. The van der Waals surface area contributed by atoms with Crippen LogP contribution >= 0.6 is 11.3 Å². The molecule has 0 radical (unpaired) electrons. The highest BCUT2D eigenvalue weighted by Crippen LogP contribution is 2.32. The van der Waals surface area contributed by atoms with Crippen molar-refractivity contribution in [3.05, 3.63) is 40.2 Å². The molecular formula is C13H10F3NO2S. The fraction of sp³-hybridized carbons (Fsp3) is 0.231. The van der Waals surface area contributed by atoms with Gasteiger partial charge in [0.05, 0.1) is 12.2 Å². The minimum atomic E-state index is -1.06. The highest BCUT2D eigenvalue weighted by Gasteiger charge is 2.22. The molecule has 0 saturated heterocycles. The molecule has 1 aromatic heterocycles. The van der Waals surface area contributed by atoms with Crippen LogP contribution in [0.25, 0.3) is 10.6 Å². The van der Waals surface area contributed by atoms with Crippen molar-refractivity contribution < 1.29 is 22.7 Å². The standard InChI is InChI=1S/C13H10F3NO2S/c1-3-19-13(18)11-6(2)20-12(17-11)10-8(15)4-7(14)5-9(10)16/h4-5H,3H2,1-2H3. The Morgan fingerprint density at radius 1 is 1.30 bits per heavy atom. The van der Waals surface area contributed by atoms with E-state index in [1.165, 1.54) is 0 Å². The summed E-state index contributed by atoms with van der Waals surface area (Å²) in [5, 5.41) is -0.0273. The summed E-state index contributed by atoms with van der Waals surface area (Å²) < 4.78 is 45.0. The molecule has 3 nitrogen and oxygen atoms in total. The topological polar surface area (TPSA) is 39.2 Å². The van der Waals surface area contributed by atoms with Gasteiger partial charge in [-0.1, -0.05) is 0 Å². The molecule has 2 rings (SSSR count). The van der Waals surface area contributed by atoms with E-state index in [2.05, 4.69) is 4.98 Å². The van der Waals surface area contributed by atoms with E-state index in [0.29, 0.717) is 17.0 Å². The molecule has 0 unspecified atom stereocenters. The highest BCUT2D eigenvalue weighted by molar-refractivity contribution is 7.15. The number of esters is 1. The lowest BCUT2D eigenvalue weighted by molar-refractivity contribution is 0.0519. The smallest absolute Gasteiger partial charge is 0.358 e. The number of halogens is 3. The molecule has 0 aliphatic rings.